The summed E-state index contributed by atoms with van der Waals surface area (Å²) in [7, 11) is 0. The fraction of sp³-hybridized carbons (Fsp3) is 0.714. The van der Waals surface area contributed by atoms with Crippen LogP contribution in [0.1, 0.15) is 58.8 Å². The van der Waals surface area contributed by atoms with Crippen LogP contribution in [0.2, 0.25) is 0 Å². The predicted octanol–water partition coefficient (Wildman–Crippen LogP) is -2.23. The van der Waals surface area contributed by atoms with Crippen LogP contribution >= 0.6 is 0 Å². The van der Waals surface area contributed by atoms with Gasteiger partial charge in [0.2, 0.25) is 23.6 Å². The third kappa shape index (κ3) is 13.9. The van der Waals surface area contributed by atoms with Crippen LogP contribution in [0, 0.1) is 5.92 Å². The molecule has 4 atom stereocenters. The molecule has 0 saturated carbocycles. The molecule has 0 saturated heterocycles. The van der Waals surface area contributed by atoms with Crippen molar-refractivity contribution in [1.29, 1.82) is 0 Å². The van der Waals surface area contributed by atoms with E-state index in [2.05, 4.69) is 16.0 Å². The van der Waals surface area contributed by atoms with E-state index >= 15 is 0 Å². The summed E-state index contributed by atoms with van der Waals surface area (Å²) in [6, 6.07) is -4.98. The van der Waals surface area contributed by atoms with Gasteiger partial charge < -0.3 is 43.4 Å². The van der Waals surface area contributed by atoms with Gasteiger partial charge in [-0.2, -0.15) is 0 Å². The lowest BCUT2D eigenvalue weighted by atomic mass is 10.0. The van der Waals surface area contributed by atoms with Crippen molar-refractivity contribution in [2.75, 3.05) is 6.54 Å². The van der Waals surface area contributed by atoms with Crippen LogP contribution in [-0.2, 0) is 28.8 Å². The Balaban J connectivity index is 5.53. The highest BCUT2D eigenvalue weighted by Gasteiger charge is 2.31. The second-order valence-corrected chi connectivity index (χ2v) is 8.65. The minimum Gasteiger partial charge on any atom is -0.481 e. The third-order valence-corrected chi connectivity index (χ3v) is 4.94. The first-order valence-electron chi connectivity index (χ1n) is 11.4. The van der Waals surface area contributed by atoms with E-state index in [1.807, 2.05) is 0 Å². The van der Waals surface area contributed by atoms with Gasteiger partial charge in [0.25, 0.3) is 0 Å². The Morgan fingerprint density at radius 1 is 0.800 bits per heavy atom. The SMILES string of the molecule is CC(C)CC(NC(=O)C(CCCCN)NC(=O)C(N)CC(N)=O)C(=O)NC(CCC(=O)O)C(=O)O. The molecule has 0 rings (SSSR count). The van der Waals surface area contributed by atoms with Crippen molar-refractivity contribution in [3.05, 3.63) is 0 Å². The molecule has 4 amide bonds. The van der Waals surface area contributed by atoms with E-state index in [4.69, 9.17) is 22.3 Å². The van der Waals surface area contributed by atoms with Crippen molar-refractivity contribution in [2.45, 2.75) is 83.0 Å². The van der Waals surface area contributed by atoms with Crippen molar-refractivity contribution in [3.8, 4) is 0 Å². The van der Waals surface area contributed by atoms with Crippen molar-refractivity contribution in [3.63, 3.8) is 0 Å². The van der Waals surface area contributed by atoms with E-state index in [0.29, 0.717) is 19.4 Å². The summed E-state index contributed by atoms with van der Waals surface area (Å²) >= 11 is 0. The topological polar surface area (TPSA) is 257 Å². The maximum absolute atomic E-state index is 13.0. The number of aliphatic carboxylic acids is 2. The molecule has 0 aliphatic carbocycles. The Morgan fingerprint density at radius 2 is 1.34 bits per heavy atom. The summed E-state index contributed by atoms with van der Waals surface area (Å²) in [6.07, 6.45) is 0.115. The van der Waals surface area contributed by atoms with Gasteiger partial charge in [-0.15, -0.1) is 0 Å². The Labute approximate surface area is 203 Å². The number of nitrogens with one attached hydrogen (secondary N) is 3. The molecule has 0 aliphatic rings. The molecule has 35 heavy (non-hydrogen) atoms. The monoisotopic (exact) mass is 502 g/mol. The Hall–Kier alpha value is -3.26. The van der Waals surface area contributed by atoms with Crippen LogP contribution < -0.4 is 33.2 Å². The Kier molecular flexibility index (Phi) is 14.9. The maximum Gasteiger partial charge on any atom is 0.326 e. The van der Waals surface area contributed by atoms with E-state index < -0.39 is 72.6 Å². The maximum atomic E-state index is 13.0. The smallest absolute Gasteiger partial charge is 0.326 e. The third-order valence-electron chi connectivity index (χ3n) is 4.94. The number of rotatable bonds is 18. The number of carboxylic acid groups (broad SMARTS) is 2. The molecule has 14 nitrogen and oxygen atoms in total. The zero-order valence-corrected chi connectivity index (χ0v) is 20.1. The van der Waals surface area contributed by atoms with Gasteiger partial charge in [-0.25, -0.2) is 4.79 Å². The molecule has 0 aliphatic heterocycles. The number of nitrogens with two attached hydrogens (primary N) is 3. The highest BCUT2D eigenvalue weighted by atomic mass is 16.4. The van der Waals surface area contributed by atoms with Gasteiger partial charge in [-0.1, -0.05) is 13.8 Å². The second-order valence-electron chi connectivity index (χ2n) is 8.65. The van der Waals surface area contributed by atoms with Gasteiger partial charge >= 0.3 is 11.9 Å². The van der Waals surface area contributed by atoms with Gasteiger partial charge in [0.15, 0.2) is 0 Å². The summed E-state index contributed by atoms with van der Waals surface area (Å²) in [6.45, 7) is 3.93. The minimum atomic E-state index is -1.46. The Bertz CT molecular complexity index is 760. The van der Waals surface area contributed by atoms with Crippen molar-refractivity contribution in [2.24, 2.45) is 23.1 Å². The molecule has 0 aromatic heterocycles. The average molecular weight is 503 g/mol. The van der Waals surface area contributed by atoms with Crippen LogP contribution in [0.3, 0.4) is 0 Å². The molecule has 0 radical (unpaired) electrons. The zero-order valence-electron chi connectivity index (χ0n) is 20.1. The lowest BCUT2D eigenvalue weighted by Gasteiger charge is -2.26. The molecule has 0 aromatic rings. The number of unbranched alkanes of at least 4 members (excludes halogenated alkanes) is 1. The molecule has 0 aromatic carbocycles. The second kappa shape index (κ2) is 16.4. The molecular weight excluding hydrogens is 464 g/mol. The zero-order chi connectivity index (χ0) is 27.1. The van der Waals surface area contributed by atoms with Crippen LogP contribution in [0.15, 0.2) is 0 Å². The molecule has 4 unspecified atom stereocenters. The van der Waals surface area contributed by atoms with Crippen molar-refractivity contribution >= 4 is 35.6 Å². The number of amides is 4. The molecule has 14 heteroatoms. The molecule has 0 spiro atoms. The van der Waals surface area contributed by atoms with Crippen LogP contribution in [0.4, 0.5) is 0 Å². The molecule has 0 bridgehead atoms. The predicted molar refractivity (Wildman–Crippen MR) is 124 cm³/mol. The van der Waals surface area contributed by atoms with Crippen LogP contribution in [-0.4, -0.2) is 76.5 Å². The lowest BCUT2D eigenvalue weighted by Crippen LogP contribution is -2.57. The van der Waals surface area contributed by atoms with Crippen LogP contribution in [0.5, 0.6) is 0 Å². The normalized spacial score (nSPS) is 14.3. The molecular formula is C21H38N6O8. The number of carboxylic acids is 2. The van der Waals surface area contributed by atoms with E-state index in [9.17, 15) is 33.9 Å². The van der Waals surface area contributed by atoms with Crippen molar-refractivity contribution in [1.82, 2.24) is 16.0 Å². The van der Waals surface area contributed by atoms with E-state index in [1.54, 1.807) is 13.8 Å². The summed E-state index contributed by atoms with van der Waals surface area (Å²) in [5.74, 6) is -5.79. The summed E-state index contributed by atoms with van der Waals surface area (Å²) in [5, 5.41) is 25.3. The largest absolute Gasteiger partial charge is 0.481 e. The number of primary amides is 1. The number of hydrogen-bond acceptors (Lipinski definition) is 8. The fourth-order valence-electron chi connectivity index (χ4n) is 3.12. The summed E-state index contributed by atoms with van der Waals surface area (Å²) < 4.78 is 0. The number of hydrogen-bond donors (Lipinski definition) is 8. The number of carbonyl (C=O) groups is 6. The summed E-state index contributed by atoms with van der Waals surface area (Å²) in [4.78, 5) is 71.4. The minimum absolute atomic E-state index is 0.0809. The van der Waals surface area contributed by atoms with Gasteiger partial charge in [0.1, 0.15) is 18.1 Å². The molecule has 0 heterocycles. The van der Waals surface area contributed by atoms with Gasteiger partial charge in [-0.05, 0) is 44.6 Å². The standard InChI is InChI=1S/C21H38N6O8/c1-11(2)9-15(20(33)26-14(21(34)35)6-7-17(29)30)27-19(32)13(5-3-4-8-22)25-18(31)12(23)10-16(24)28/h11-15H,3-10,22-23H2,1-2H3,(H2,24,28)(H,25,31)(H,26,33)(H,27,32)(H,29,30)(H,34,35). The van der Waals surface area contributed by atoms with E-state index in [-0.39, 0.29) is 25.2 Å². The first-order valence-corrected chi connectivity index (χ1v) is 11.4. The quantitative estimate of drug-likeness (QED) is 0.0935. The Morgan fingerprint density at radius 3 is 1.83 bits per heavy atom. The average Bonchev–Trinajstić information content (AvgIpc) is 2.73. The molecule has 11 N–H and O–H groups in total. The van der Waals surface area contributed by atoms with Crippen LogP contribution in [0.25, 0.3) is 0 Å². The molecule has 200 valence electrons. The van der Waals surface area contributed by atoms with Gasteiger partial charge in [0.05, 0.1) is 12.5 Å². The van der Waals surface area contributed by atoms with E-state index in [1.165, 1.54) is 0 Å². The number of carbonyl (C=O) groups excluding carboxylic acids is 4. The van der Waals surface area contributed by atoms with Crippen molar-refractivity contribution < 1.29 is 39.0 Å². The van der Waals surface area contributed by atoms with E-state index in [0.717, 1.165) is 0 Å². The fourth-order valence-corrected chi connectivity index (χ4v) is 3.12. The highest BCUT2D eigenvalue weighted by molar-refractivity contribution is 5.95. The first kappa shape index (κ1) is 31.7. The lowest BCUT2D eigenvalue weighted by molar-refractivity contribution is -0.143. The van der Waals surface area contributed by atoms with Gasteiger partial charge in [-0.3, -0.25) is 24.0 Å². The van der Waals surface area contributed by atoms with Gasteiger partial charge in [0, 0.05) is 6.42 Å². The highest BCUT2D eigenvalue weighted by Crippen LogP contribution is 2.09. The summed E-state index contributed by atoms with van der Waals surface area (Å²) in [5.41, 5.74) is 16.2. The molecule has 0 fully saturated rings. The first-order chi connectivity index (χ1) is 16.3.